The van der Waals surface area contributed by atoms with Gasteiger partial charge in [-0.25, -0.2) is 0 Å². The second kappa shape index (κ2) is 8.10. The number of rotatable bonds is 3. The zero-order chi connectivity index (χ0) is 20.0. The van der Waals surface area contributed by atoms with Crippen molar-refractivity contribution in [1.29, 1.82) is 0 Å². The molecule has 0 fully saturated rings. The minimum atomic E-state index is -0.216. The molecule has 4 atom stereocenters. The largest absolute Gasteiger partial charge is 0.466 e. The first-order valence-electron chi connectivity index (χ1n) is 8.84. The Morgan fingerprint density at radius 2 is 1.11 bits per heavy atom. The summed E-state index contributed by atoms with van der Waals surface area (Å²) in [5, 5.41) is 1.72. The molecule has 0 bridgehead atoms. The van der Waals surface area contributed by atoms with Crippen LogP contribution in [0, 0.1) is 11.8 Å². The van der Waals surface area contributed by atoms with E-state index in [2.05, 4.69) is 13.8 Å². The lowest BCUT2D eigenvalue weighted by molar-refractivity contribution is -0.127. The van der Waals surface area contributed by atoms with E-state index in [9.17, 15) is 0 Å². The molecule has 0 N–H and O–H groups in total. The average molecular weight is 464 g/mol. The predicted molar refractivity (Wildman–Crippen MR) is 110 cm³/mol. The SMILES string of the molecule is CC(C1OCOc2c1ccc(Cl)c2Cl)C(C)C1OCOc2c1ccc(Cl)c2Cl. The van der Waals surface area contributed by atoms with Crippen molar-refractivity contribution in [3.05, 3.63) is 55.5 Å². The van der Waals surface area contributed by atoms with Crippen molar-refractivity contribution in [2.24, 2.45) is 11.8 Å². The van der Waals surface area contributed by atoms with E-state index in [1.807, 2.05) is 12.1 Å². The fourth-order valence-corrected chi connectivity index (χ4v) is 4.52. The van der Waals surface area contributed by atoms with Crippen molar-refractivity contribution >= 4 is 46.4 Å². The van der Waals surface area contributed by atoms with Gasteiger partial charge in [-0.3, -0.25) is 0 Å². The summed E-state index contributed by atoms with van der Waals surface area (Å²) in [6.45, 7) is 4.45. The Morgan fingerprint density at radius 3 is 1.50 bits per heavy atom. The molecule has 4 unspecified atom stereocenters. The molecular weight excluding hydrogens is 446 g/mol. The van der Waals surface area contributed by atoms with Crippen molar-refractivity contribution in [2.45, 2.75) is 26.1 Å². The zero-order valence-electron chi connectivity index (χ0n) is 15.2. The van der Waals surface area contributed by atoms with Gasteiger partial charge >= 0.3 is 0 Å². The first-order chi connectivity index (χ1) is 13.4. The van der Waals surface area contributed by atoms with E-state index in [4.69, 9.17) is 65.4 Å². The van der Waals surface area contributed by atoms with E-state index in [0.29, 0.717) is 31.6 Å². The van der Waals surface area contributed by atoms with Gasteiger partial charge in [0, 0.05) is 11.1 Å². The van der Waals surface area contributed by atoms with Crippen LogP contribution in [0.3, 0.4) is 0 Å². The highest BCUT2D eigenvalue weighted by Crippen LogP contribution is 2.50. The number of fused-ring (bicyclic) bond motifs is 2. The van der Waals surface area contributed by atoms with Crippen LogP contribution in [0.25, 0.3) is 0 Å². The van der Waals surface area contributed by atoms with Crippen molar-refractivity contribution < 1.29 is 18.9 Å². The Kier molecular flexibility index (Phi) is 5.90. The lowest BCUT2D eigenvalue weighted by Gasteiger charge is -2.38. The molecule has 0 saturated heterocycles. The summed E-state index contributed by atoms with van der Waals surface area (Å²) in [6.07, 6.45) is -0.433. The van der Waals surface area contributed by atoms with Crippen molar-refractivity contribution in [1.82, 2.24) is 0 Å². The molecule has 2 aliphatic rings. The van der Waals surface area contributed by atoms with E-state index < -0.39 is 0 Å². The Labute approximate surface area is 183 Å². The van der Waals surface area contributed by atoms with Gasteiger partial charge in [-0.2, -0.15) is 0 Å². The lowest BCUT2D eigenvalue weighted by atomic mass is 9.80. The van der Waals surface area contributed by atoms with Crippen LogP contribution in [0.1, 0.15) is 37.2 Å². The Morgan fingerprint density at radius 1 is 0.714 bits per heavy atom. The number of benzene rings is 2. The Bertz CT molecular complexity index is 831. The first-order valence-corrected chi connectivity index (χ1v) is 10.4. The highest BCUT2D eigenvalue weighted by molar-refractivity contribution is 6.43. The van der Waals surface area contributed by atoms with Crippen LogP contribution in [0.4, 0.5) is 0 Å². The standard InChI is InChI=1S/C20H18Cl4O4/c1-9(17-11-3-5-13(21)15(23)19(11)27-7-25-17)10(2)18-12-4-6-14(22)16(24)20(12)28-8-26-18/h3-6,9-10,17-18H,7-8H2,1-2H3. The van der Waals surface area contributed by atoms with Crippen LogP contribution in [0.5, 0.6) is 11.5 Å². The molecule has 0 aromatic heterocycles. The Hall–Kier alpha value is -0.880. The molecule has 2 aliphatic heterocycles. The summed E-state index contributed by atoms with van der Waals surface area (Å²) in [6, 6.07) is 7.30. The van der Waals surface area contributed by atoms with Gasteiger partial charge in [-0.05, 0) is 24.0 Å². The third-order valence-corrected chi connectivity index (χ3v) is 7.03. The molecule has 4 rings (SSSR count). The van der Waals surface area contributed by atoms with Gasteiger partial charge in [0.1, 0.15) is 21.5 Å². The third-order valence-electron chi connectivity index (χ3n) is 5.46. The monoisotopic (exact) mass is 462 g/mol. The maximum absolute atomic E-state index is 6.33. The maximum Gasteiger partial charge on any atom is 0.189 e. The van der Waals surface area contributed by atoms with Gasteiger partial charge in [0.25, 0.3) is 0 Å². The van der Waals surface area contributed by atoms with E-state index >= 15 is 0 Å². The molecule has 0 spiro atoms. The number of ether oxygens (including phenoxy) is 4. The summed E-state index contributed by atoms with van der Waals surface area (Å²) < 4.78 is 23.1. The van der Waals surface area contributed by atoms with Gasteiger partial charge in [0.05, 0.1) is 22.3 Å². The molecule has 0 saturated carbocycles. The molecule has 0 amide bonds. The molecule has 28 heavy (non-hydrogen) atoms. The number of hydrogen-bond acceptors (Lipinski definition) is 4. The molecule has 0 aliphatic carbocycles. The van der Waals surface area contributed by atoms with E-state index in [0.717, 1.165) is 11.1 Å². The molecule has 4 nitrogen and oxygen atoms in total. The summed E-state index contributed by atoms with van der Waals surface area (Å²) in [7, 11) is 0. The molecule has 8 heteroatoms. The van der Waals surface area contributed by atoms with Gasteiger partial charge < -0.3 is 18.9 Å². The third kappa shape index (κ3) is 3.45. The minimum absolute atomic E-state index is 0.0743. The molecular formula is C20H18Cl4O4. The van der Waals surface area contributed by atoms with Crippen molar-refractivity contribution in [3.8, 4) is 11.5 Å². The van der Waals surface area contributed by atoms with Crippen molar-refractivity contribution in [2.75, 3.05) is 13.6 Å². The zero-order valence-corrected chi connectivity index (χ0v) is 18.2. The topological polar surface area (TPSA) is 36.9 Å². The average Bonchev–Trinajstić information content (AvgIpc) is 2.71. The summed E-state index contributed by atoms with van der Waals surface area (Å²) in [4.78, 5) is 0. The van der Waals surface area contributed by atoms with Gasteiger partial charge in [-0.1, -0.05) is 72.4 Å². The predicted octanol–water partition coefficient (Wildman–Crippen LogP) is 7.09. The van der Waals surface area contributed by atoms with E-state index in [-0.39, 0.29) is 37.6 Å². The fourth-order valence-electron chi connectivity index (χ4n) is 3.77. The van der Waals surface area contributed by atoms with Crippen LogP contribution in [-0.4, -0.2) is 13.6 Å². The summed E-state index contributed by atoms with van der Waals surface area (Å²) in [5.41, 5.74) is 1.75. The lowest BCUT2D eigenvalue weighted by Crippen LogP contribution is -2.31. The molecule has 2 aromatic rings. The molecule has 2 heterocycles. The highest BCUT2D eigenvalue weighted by atomic mass is 35.5. The molecule has 150 valence electrons. The minimum Gasteiger partial charge on any atom is -0.466 e. The number of hydrogen-bond donors (Lipinski definition) is 0. The van der Waals surface area contributed by atoms with Gasteiger partial charge in [-0.15, -0.1) is 0 Å². The summed E-state index contributed by atoms with van der Waals surface area (Å²) in [5.74, 6) is 1.30. The van der Waals surface area contributed by atoms with Gasteiger partial charge in [0.2, 0.25) is 0 Å². The van der Waals surface area contributed by atoms with E-state index in [1.165, 1.54) is 0 Å². The van der Waals surface area contributed by atoms with Crippen LogP contribution < -0.4 is 9.47 Å². The quantitative estimate of drug-likeness (QED) is 0.486. The van der Waals surface area contributed by atoms with Gasteiger partial charge in [0.15, 0.2) is 13.6 Å². The summed E-state index contributed by atoms with van der Waals surface area (Å²) >= 11 is 24.9. The van der Waals surface area contributed by atoms with Crippen molar-refractivity contribution in [3.63, 3.8) is 0 Å². The van der Waals surface area contributed by atoms with E-state index in [1.54, 1.807) is 12.1 Å². The number of halogens is 4. The smallest absolute Gasteiger partial charge is 0.189 e. The normalized spacial score (nSPS) is 23.1. The highest BCUT2D eigenvalue weighted by Gasteiger charge is 2.38. The first kappa shape index (κ1) is 20.4. The molecule has 0 radical (unpaired) electrons. The fraction of sp³-hybridized carbons (Fsp3) is 0.400. The van der Waals surface area contributed by atoms with Crippen LogP contribution in [-0.2, 0) is 9.47 Å². The van der Waals surface area contributed by atoms with Crippen LogP contribution >= 0.6 is 46.4 Å². The Balaban J connectivity index is 1.66. The second-order valence-electron chi connectivity index (χ2n) is 6.98. The van der Waals surface area contributed by atoms with Crippen LogP contribution in [0.2, 0.25) is 20.1 Å². The molecule has 2 aromatic carbocycles. The van der Waals surface area contributed by atoms with Crippen LogP contribution in [0.15, 0.2) is 24.3 Å². The second-order valence-corrected chi connectivity index (χ2v) is 8.55. The maximum atomic E-state index is 6.33.